The highest BCUT2D eigenvalue weighted by Gasteiger charge is 2.29. The summed E-state index contributed by atoms with van der Waals surface area (Å²) in [6.45, 7) is 1.66. The van der Waals surface area contributed by atoms with E-state index >= 15 is 0 Å². The summed E-state index contributed by atoms with van der Waals surface area (Å²) >= 11 is 0. The lowest BCUT2D eigenvalue weighted by atomic mass is 10.0. The van der Waals surface area contributed by atoms with E-state index in [0.29, 0.717) is 11.7 Å². The highest BCUT2D eigenvalue weighted by molar-refractivity contribution is 5.90. The Hall–Kier alpha value is -3.29. The number of carbonyl (C=O) groups excluding carboxylic acids is 1. The second kappa shape index (κ2) is 9.89. The third-order valence-electron chi connectivity index (χ3n) is 5.82. The molecule has 0 spiro atoms. The summed E-state index contributed by atoms with van der Waals surface area (Å²) in [5.41, 5.74) is 3.24. The molecule has 0 radical (unpaired) electrons. The van der Waals surface area contributed by atoms with E-state index in [0.717, 1.165) is 40.6 Å². The molecule has 0 bridgehead atoms. The first-order chi connectivity index (χ1) is 15.5. The molecule has 32 heavy (non-hydrogen) atoms. The Bertz CT molecular complexity index is 1110. The van der Waals surface area contributed by atoms with Crippen molar-refractivity contribution in [2.45, 2.75) is 50.9 Å². The molecule has 1 aliphatic heterocycles. The summed E-state index contributed by atoms with van der Waals surface area (Å²) in [6.07, 6.45) is 3.85. The number of amides is 1. The smallest absolute Gasteiger partial charge is 0.267 e. The molecule has 7 heteroatoms. The maximum atomic E-state index is 12.3. The Kier molecular flexibility index (Phi) is 6.78. The van der Waals surface area contributed by atoms with Gasteiger partial charge in [-0.05, 0) is 55.0 Å². The molecule has 2 heterocycles. The highest BCUT2D eigenvalue weighted by atomic mass is 16.3. The van der Waals surface area contributed by atoms with E-state index in [9.17, 15) is 14.7 Å². The van der Waals surface area contributed by atoms with Crippen LogP contribution in [-0.4, -0.2) is 32.9 Å². The van der Waals surface area contributed by atoms with Crippen molar-refractivity contribution in [1.29, 1.82) is 0 Å². The van der Waals surface area contributed by atoms with Crippen molar-refractivity contribution < 1.29 is 9.90 Å². The van der Waals surface area contributed by atoms with Gasteiger partial charge in [-0.1, -0.05) is 42.5 Å². The molecule has 1 aliphatic rings. The average Bonchev–Trinajstić information content (AvgIpc) is 3.25. The average molecular weight is 433 g/mol. The number of anilines is 1. The molecule has 0 aliphatic carbocycles. The fourth-order valence-electron chi connectivity index (χ4n) is 4.13. The Balaban J connectivity index is 1.28. The molecule has 0 saturated carbocycles. The van der Waals surface area contributed by atoms with Crippen LogP contribution in [0.4, 0.5) is 5.69 Å². The van der Waals surface area contributed by atoms with Gasteiger partial charge in [-0.2, -0.15) is 5.10 Å². The van der Waals surface area contributed by atoms with Gasteiger partial charge in [0, 0.05) is 23.8 Å². The first-order valence-corrected chi connectivity index (χ1v) is 10.9. The number of nitrogens with zero attached hydrogens (tertiary/aromatic N) is 2. The molecule has 2 aromatic carbocycles. The fourth-order valence-corrected chi connectivity index (χ4v) is 4.13. The molecule has 0 unspecified atom stereocenters. The molecule has 1 amide bonds. The zero-order valence-corrected chi connectivity index (χ0v) is 18.1. The number of nitrogens with one attached hydrogen (secondary N) is 2. The molecule has 7 nitrogen and oxygen atoms in total. The summed E-state index contributed by atoms with van der Waals surface area (Å²) in [5, 5.41) is 21.0. The van der Waals surface area contributed by atoms with Crippen LogP contribution >= 0.6 is 0 Å². The first kappa shape index (κ1) is 21.9. The second-order valence-corrected chi connectivity index (χ2v) is 8.38. The summed E-state index contributed by atoms with van der Waals surface area (Å²) < 4.78 is 1.14. The molecule has 3 aromatic rings. The van der Waals surface area contributed by atoms with Gasteiger partial charge in [0.1, 0.15) is 6.54 Å². The largest absolute Gasteiger partial charge is 0.387 e. The van der Waals surface area contributed by atoms with E-state index < -0.39 is 6.10 Å². The number of aliphatic hydroxyl groups is 1. The van der Waals surface area contributed by atoms with E-state index in [4.69, 9.17) is 0 Å². The van der Waals surface area contributed by atoms with Crippen LogP contribution in [0.1, 0.15) is 35.6 Å². The molecule has 3 N–H and O–H groups in total. The molecule has 1 aromatic heterocycles. The predicted octanol–water partition coefficient (Wildman–Crippen LogP) is 2.59. The number of hydrogen-bond donors (Lipinski definition) is 3. The van der Waals surface area contributed by atoms with Crippen LogP contribution < -0.4 is 16.2 Å². The first-order valence-electron chi connectivity index (χ1n) is 10.9. The van der Waals surface area contributed by atoms with Gasteiger partial charge >= 0.3 is 0 Å². The standard InChI is InChI=1S/C25H28N4O3/c1-17-13-24(31)29(26-15-17)16-23(30)28-20-9-7-18(8-10-20)14-21-11-12-22(27-21)25(32)19-5-3-2-4-6-19/h2-10,13,15,21-22,25,27,32H,11-12,14,16H2,1H3,(H,28,30)/t21-,22+,25+/m0/s1. The fraction of sp³-hybridized carbons (Fsp3) is 0.320. The monoisotopic (exact) mass is 432 g/mol. The van der Waals surface area contributed by atoms with E-state index in [2.05, 4.69) is 15.7 Å². The number of rotatable bonds is 7. The van der Waals surface area contributed by atoms with Gasteiger partial charge in [0.15, 0.2) is 0 Å². The van der Waals surface area contributed by atoms with Crippen LogP contribution in [0.25, 0.3) is 0 Å². The lowest BCUT2D eigenvalue weighted by Crippen LogP contribution is -2.35. The Morgan fingerprint density at radius 3 is 2.66 bits per heavy atom. The van der Waals surface area contributed by atoms with E-state index in [1.54, 1.807) is 13.1 Å². The van der Waals surface area contributed by atoms with Crippen LogP contribution in [0.3, 0.4) is 0 Å². The lowest BCUT2D eigenvalue weighted by Gasteiger charge is -2.20. The van der Waals surface area contributed by atoms with Gasteiger partial charge in [0.05, 0.1) is 12.3 Å². The molecule has 1 saturated heterocycles. The van der Waals surface area contributed by atoms with Gasteiger partial charge in [0.25, 0.3) is 5.56 Å². The highest BCUT2D eigenvalue weighted by Crippen LogP contribution is 2.26. The molecular weight excluding hydrogens is 404 g/mol. The Morgan fingerprint density at radius 2 is 1.94 bits per heavy atom. The minimum absolute atomic E-state index is 0.0553. The van der Waals surface area contributed by atoms with Crippen molar-refractivity contribution in [2.24, 2.45) is 0 Å². The van der Waals surface area contributed by atoms with Crippen LogP contribution in [0.5, 0.6) is 0 Å². The van der Waals surface area contributed by atoms with Gasteiger partial charge in [-0.3, -0.25) is 9.59 Å². The zero-order chi connectivity index (χ0) is 22.5. The molecular formula is C25H28N4O3. The molecule has 3 atom stereocenters. The number of aliphatic hydroxyl groups excluding tert-OH is 1. The zero-order valence-electron chi connectivity index (χ0n) is 18.1. The summed E-state index contributed by atoms with van der Waals surface area (Å²) in [4.78, 5) is 24.1. The van der Waals surface area contributed by atoms with Crippen molar-refractivity contribution in [1.82, 2.24) is 15.1 Å². The molecule has 166 valence electrons. The minimum Gasteiger partial charge on any atom is -0.387 e. The maximum absolute atomic E-state index is 12.3. The second-order valence-electron chi connectivity index (χ2n) is 8.38. The topological polar surface area (TPSA) is 96.2 Å². The molecule has 1 fully saturated rings. The third-order valence-corrected chi connectivity index (χ3v) is 5.82. The Morgan fingerprint density at radius 1 is 1.19 bits per heavy atom. The van der Waals surface area contributed by atoms with Crippen LogP contribution in [0.15, 0.2) is 71.7 Å². The van der Waals surface area contributed by atoms with Crippen LogP contribution in [0, 0.1) is 6.92 Å². The number of aryl methyl sites for hydroxylation is 1. The van der Waals surface area contributed by atoms with Crippen molar-refractivity contribution in [3.63, 3.8) is 0 Å². The molecule has 4 rings (SSSR count). The van der Waals surface area contributed by atoms with E-state index in [-0.39, 0.29) is 24.1 Å². The number of hydrogen-bond acceptors (Lipinski definition) is 5. The predicted molar refractivity (Wildman–Crippen MR) is 123 cm³/mol. The van der Waals surface area contributed by atoms with E-state index in [1.165, 1.54) is 6.07 Å². The van der Waals surface area contributed by atoms with Crippen molar-refractivity contribution >= 4 is 11.6 Å². The van der Waals surface area contributed by atoms with Gasteiger partial charge < -0.3 is 15.7 Å². The van der Waals surface area contributed by atoms with Gasteiger partial charge in [0.2, 0.25) is 5.91 Å². The van der Waals surface area contributed by atoms with Crippen LogP contribution in [-0.2, 0) is 17.8 Å². The Labute approximate surface area is 187 Å². The van der Waals surface area contributed by atoms with Crippen molar-refractivity contribution in [3.8, 4) is 0 Å². The lowest BCUT2D eigenvalue weighted by molar-refractivity contribution is -0.117. The number of carbonyl (C=O) groups is 1. The van der Waals surface area contributed by atoms with Gasteiger partial charge in [-0.15, -0.1) is 0 Å². The number of benzene rings is 2. The maximum Gasteiger partial charge on any atom is 0.267 e. The summed E-state index contributed by atoms with van der Waals surface area (Å²) in [7, 11) is 0. The normalized spacial score (nSPS) is 18.9. The van der Waals surface area contributed by atoms with Gasteiger partial charge in [-0.25, -0.2) is 4.68 Å². The minimum atomic E-state index is -0.505. The SMILES string of the molecule is Cc1cnn(CC(=O)Nc2ccc(C[C@@H]3CC[C@H]([C@H](O)c4ccccc4)N3)cc2)c(=O)c1. The van der Waals surface area contributed by atoms with Crippen LogP contribution in [0.2, 0.25) is 0 Å². The van der Waals surface area contributed by atoms with Crippen molar-refractivity contribution in [3.05, 3.63) is 93.9 Å². The number of aromatic nitrogens is 2. The summed E-state index contributed by atoms with van der Waals surface area (Å²) in [5.74, 6) is -0.300. The van der Waals surface area contributed by atoms with E-state index in [1.807, 2.05) is 54.6 Å². The summed E-state index contributed by atoms with van der Waals surface area (Å²) in [6, 6.07) is 19.3. The quantitative estimate of drug-likeness (QED) is 0.533. The van der Waals surface area contributed by atoms with Crippen molar-refractivity contribution in [2.75, 3.05) is 5.32 Å². The third kappa shape index (κ3) is 5.49.